The van der Waals surface area contributed by atoms with Crippen LogP contribution in [0, 0.1) is 0 Å². The Kier molecular flexibility index (Phi) is 53.2. The molecule has 1 amide bonds. The molecule has 0 aromatic heterocycles. The Balaban J connectivity index is 2.58. The van der Waals surface area contributed by atoms with Gasteiger partial charge >= 0.3 is 5.97 Å². The van der Waals surface area contributed by atoms with Gasteiger partial charge < -0.3 is 45.1 Å². The predicted molar refractivity (Wildman–Crippen MR) is 338 cm³/mol. The van der Waals surface area contributed by atoms with Crippen molar-refractivity contribution in [2.24, 2.45) is 0 Å². The number of amides is 1. The van der Waals surface area contributed by atoms with Gasteiger partial charge in [0.15, 0.2) is 12.4 Å². The fourth-order valence-corrected chi connectivity index (χ4v) is 9.88. The normalized spacial score (nSPS) is 19.3. The van der Waals surface area contributed by atoms with Crippen molar-refractivity contribution in [3.05, 3.63) is 97.2 Å². The van der Waals surface area contributed by atoms with Crippen LogP contribution in [-0.4, -0.2) is 99.6 Å². The zero-order chi connectivity index (χ0) is 58.9. The maximum Gasteiger partial charge on any atom is 0.306 e. The maximum absolute atomic E-state index is 13.5. The second-order valence-electron chi connectivity index (χ2n) is 22.6. The van der Waals surface area contributed by atoms with Gasteiger partial charge in [-0.2, -0.15) is 0 Å². The Morgan fingerprint density at radius 1 is 0.506 bits per heavy atom. The fraction of sp³-hybridized carbons (Fsp3) is 0.743. The number of ether oxygens (including phenoxy) is 3. The van der Waals surface area contributed by atoms with Crippen molar-refractivity contribution >= 4 is 11.9 Å². The number of unbranched alkanes of at least 4 members (excludes halogenated alkanes) is 31. The highest BCUT2D eigenvalue weighted by atomic mass is 16.7. The Labute approximate surface area is 495 Å². The highest BCUT2D eigenvalue weighted by Gasteiger charge is 2.47. The number of carbonyl (C=O) groups excluding carboxylic acids is 2. The van der Waals surface area contributed by atoms with Crippen LogP contribution in [0.4, 0.5) is 0 Å². The second kappa shape index (κ2) is 57.0. The molecule has 8 unspecified atom stereocenters. The minimum atomic E-state index is -1.64. The lowest BCUT2D eigenvalue weighted by Gasteiger charge is -2.41. The molecule has 0 radical (unpaired) electrons. The molecule has 1 rings (SSSR count). The van der Waals surface area contributed by atoms with E-state index < -0.39 is 67.4 Å². The summed E-state index contributed by atoms with van der Waals surface area (Å²) in [6, 6.07) is -1.04. The molecule has 1 heterocycles. The number of aliphatic hydroxyl groups excluding tert-OH is 5. The largest absolute Gasteiger partial charge is 0.454 e. The van der Waals surface area contributed by atoms with E-state index in [-0.39, 0.29) is 19.4 Å². The maximum atomic E-state index is 13.5. The average molecular weight is 1140 g/mol. The van der Waals surface area contributed by atoms with E-state index in [1.165, 1.54) is 148 Å². The summed E-state index contributed by atoms with van der Waals surface area (Å²) in [6.45, 7) is 5.60. The van der Waals surface area contributed by atoms with Crippen LogP contribution in [0.5, 0.6) is 0 Å². The van der Waals surface area contributed by atoms with Gasteiger partial charge in [-0.3, -0.25) is 9.59 Å². The molecular weight excluding hydrogens is 1010 g/mol. The Morgan fingerprint density at radius 2 is 0.938 bits per heavy atom. The van der Waals surface area contributed by atoms with E-state index in [0.29, 0.717) is 12.8 Å². The number of nitrogens with one attached hydrogen (secondary N) is 1. The standard InChI is InChI=1S/C70H121NO10/c1-4-7-10-13-16-19-22-24-26-27-28-29-30-31-32-33-34-35-36-38-39-42-45-48-51-54-57-63(74)69(78)71-61(62(73)56-53-50-47-44-41-21-18-15-12-9-6-3)60-79-70-68(67(77)66(76)64(59-72)80-70)81-65(75)58-55-52-49-46-43-40-37-25-23-20-17-14-11-8-5-2/h8,11,14,16-17,19-20,23-26,37,40,43,53,56,61-64,66-68,70,72-74,76-77H,4-7,9-10,12-13,15,18,21-22,27-36,38-39,41-42,44-52,54-55,57-60H2,1-3H3,(H,71,78)/b11-8+,17-14+,19-16-,23-20-,26-24-,37-25-,43-40+,56-53+. The summed E-state index contributed by atoms with van der Waals surface area (Å²) in [7, 11) is 0. The number of hydrogen-bond donors (Lipinski definition) is 6. The number of aliphatic hydroxyl groups is 5. The van der Waals surface area contributed by atoms with E-state index in [0.717, 1.165) is 77.0 Å². The lowest BCUT2D eigenvalue weighted by atomic mass is 9.99. The summed E-state index contributed by atoms with van der Waals surface area (Å²) in [5.74, 6) is -1.24. The molecule has 1 aliphatic rings. The highest BCUT2D eigenvalue weighted by Crippen LogP contribution is 2.26. The molecule has 8 atom stereocenters. The number of rotatable bonds is 55. The molecule has 1 aliphatic heterocycles. The number of carbonyl (C=O) groups is 2. The third kappa shape index (κ3) is 44.7. The van der Waals surface area contributed by atoms with Crippen LogP contribution in [0.1, 0.15) is 271 Å². The van der Waals surface area contributed by atoms with Crippen LogP contribution >= 0.6 is 0 Å². The molecular formula is C70H121NO10. The van der Waals surface area contributed by atoms with E-state index in [4.69, 9.17) is 14.2 Å². The van der Waals surface area contributed by atoms with E-state index in [2.05, 4.69) is 62.5 Å². The van der Waals surface area contributed by atoms with Gasteiger partial charge in [-0.25, -0.2) is 0 Å². The van der Waals surface area contributed by atoms with E-state index in [9.17, 15) is 35.1 Å². The third-order valence-electron chi connectivity index (χ3n) is 15.1. The van der Waals surface area contributed by atoms with Crippen molar-refractivity contribution < 1.29 is 49.3 Å². The highest BCUT2D eigenvalue weighted by molar-refractivity contribution is 5.80. The quantitative estimate of drug-likeness (QED) is 0.0149. The van der Waals surface area contributed by atoms with E-state index in [1.807, 2.05) is 54.7 Å². The first-order valence-electron chi connectivity index (χ1n) is 33.1. The lowest BCUT2D eigenvalue weighted by molar-refractivity contribution is -0.305. The number of allylic oxidation sites excluding steroid dienone is 15. The van der Waals surface area contributed by atoms with Crippen LogP contribution in [0.25, 0.3) is 0 Å². The number of esters is 1. The molecule has 81 heavy (non-hydrogen) atoms. The lowest BCUT2D eigenvalue weighted by Crippen LogP contribution is -2.61. The molecule has 466 valence electrons. The minimum absolute atomic E-state index is 0.0710. The van der Waals surface area contributed by atoms with Gasteiger partial charge in [0.2, 0.25) is 5.91 Å². The van der Waals surface area contributed by atoms with Gasteiger partial charge in [0, 0.05) is 6.42 Å². The predicted octanol–water partition coefficient (Wildman–Crippen LogP) is 16.3. The smallest absolute Gasteiger partial charge is 0.306 e. The summed E-state index contributed by atoms with van der Waals surface area (Å²) >= 11 is 0. The summed E-state index contributed by atoms with van der Waals surface area (Å²) in [5.41, 5.74) is 0. The van der Waals surface area contributed by atoms with Gasteiger partial charge in [0.05, 0.1) is 25.4 Å². The van der Waals surface area contributed by atoms with Gasteiger partial charge in [0.1, 0.15) is 24.4 Å². The molecule has 11 heteroatoms. The molecule has 1 fully saturated rings. The zero-order valence-corrected chi connectivity index (χ0v) is 51.6. The summed E-state index contributed by atoms with van der Waals surface area (Å²) in [4.78, 5) is 26.5. The topological polar surface area (TPSA) is 175 Å². The van der Waals surface area contributed by atoms with Crippen LogP contribution in [-0.2, 0) is 23.8 Å². The first-order chi connectivity index (χ1) is 39.7. The van der Waals surface area contributed by atoms with Crippen molar-refractivity contribution in [1.29, 1.82) is 0 Å². The van der Waals surface area contributed by atoms with Gasteiger partial charge in [-0.15, -0.1) is 0 Å². The van der Waals surface area contributed by atoms with Crippen molar-refractivity contribution in [2.45, 2.75) is 320 Å². The molecule has 0 saturated carbocycles. The second-order valence-corrected chi connectivity index (χ2v) is 22.6. The van der Waals surface area contributed by atoms with Gasteiger partial charge in [0.25, 0.3) is 0 Å². The summed E-state index contributed by atoms with van der Waals surface area (Å²) < 4.78 is 17.6. The van der Waals surface area contributed by atoms with E-state index >= 15 is 0 Å². The van der Waals surface area contributed by atoms with Crippen LogP contribution in [0.15, 0.2) is 97.2 Å². The minimum Gasteiger partial charge on any atom is -0.454 e. The SMILES string of the molecule is CC/C=C/C=C/C=C\C=C/C=C/CCCCCC(=O)OC1C(OCC(NC(=O)C(O)CCCCCCCCCCCCCCCCCC/C=C\C/C=C\CCCCC)C(O)/C=C/CCCCCCCCCCC)OC(CO)C(O)C1O. The summed E-state index contributed by atoms with van der Waals surface area (Å²) in [5, 5.41) is 57.0. The van der Waals surface area contributed by atoms with Crippen molar-refractivity contribution in [3.8, 4) is 0 Å². The van der Waals surface area contributed by atoms with Gasteiger partial charge in [-0.05, 0) is 77.0 Å². The van der Waals surface area contributed by atoms with Gasteiger partial charge in [-0.1, -0.05) is 285 Å². The van der Waals surface area contributed by atoms with Crippen LogP contribution in [0.2, 0.25) is 0 Å². The first kappa shape index (κ1) is 75.6. The monoisotopic (exact) mass is 1140 g/mol. The zero-order valence-electron chi connectivity index (χ0n) is 51.6. The first-order valence-corrected chi connectivity index (χ1v) is 33.1. The Hall–Kier alpha value is -3.42. The molecule has 0 aliphatic carbocycles. The molecule has 11 nitrogen and oxygen atoms in total. The van der Waals surface area contributed by atoms with Crippen molar-refractivity contribution in [1.82, 2.24) is 5.32 Å². The molecule has 0 spiro atoms. The third-order valence-corrected chi connectivity index (χ3v) is 15.1. The number of hydrogen-bond acceptors (Lipinski definition) is 10. The molecule has 6 N–H and O–H groups in total. The fourth-order valence-electron chi connectivity index (χ4n) is 9.88. The van der Waals surface area contributed by atoms with Crippen molar-refractivity contribution in [2.75, 3.05) is 13.2 Å². The molecule has 0 bridgehead atoms. The van der Waals surface area contributed by atoms with Crippen LogP contribution in [0.3, 0.4) is 0 Å². The Bertz CT molecular complexity index is 1690. The molecule has 0 aromatic rings. The van der Waals surface area contributed by atoms with E-state index in [1.54, 1.807) is 6.08 Å². The Morgan fingerprint density at radius 3 is 1.46 bits per heavy atom. The summed E-state index contributed by atoms with van der Waals surface area (Å²) in [6.07, 6.45) is 66.0. The molecule has 0 aromatic carbocycles. The average Bonchev–Trinajstić information content (AvgIpc) is 3.50. The van der Waals surface area contributed by atoms with Crippen LogP contribution < -0.4 is 5.32 Å². The van der Waals surface area contributed by atoms with Crippen molar-refractivity contribution in [3.63, 3.8) is 0 Å². The molecule has 1 saturated heterocycles.